The van der Waals surface area contributed by atoms with E-state index in [0.717, 1.165) is 62.5 Å². The summed E-state index contributed by atoms with van der Waals surface area (Å²) in [7, 11) is 0. The lowest BCUT2D eigenvalue weighted by Crippen LogP contribution is -2.28. The molecule has 1 saturated heterocycles. The summed E-state index contributed by atoms with van der Waals surface area (Å²) in [4.78, 5) is 3.20. The van der Waals surface area contributed by atoms with Gasteiger partial charge in [0.15, 0.2) is 16.4 Å². The third kappa shape index (κ3) is 3.70. The number of hydrogen-bond donors (Lipinski definition) is 2. The number of H-pyrrole nitrogens is 1. The van der Waals surface area contributed by atoms with Gasteiger partial charge < -0.3 is 19.6 Å². The van der Waals surface area contributed by atoms with Crippen LogP contribution in [-0.2, 0) is 24.1 Å². The molecule has 2 aliphatic rings. The lowest BCUT2D eigenvalue weighted by molar-refractivity contribution is 0.110. The van der Waals surface area contributed by atoms with E-state index in [1.54, 1.807) is 0 Å². The molecule has 4 rings (SSSR count). The molecule has 2 unspecified atom stereocenters. The largest absolute Gasteiger partial charge is 0.377 e. The van der Waals surface area contributed by atoms with Crippen LogP contribution in [0.4, 0.5) is 13.2 Å². The number of halogens is 3. The summed E-state index contributed by atoms with van der Waals surface area (Å²) in [6.45, 7) is 2.76. The average Bonchev–Trinajstić information content (AvgIpc) is 3.35. The van der Waals surface area contributed by atoms with Gasteiger partial charge in [-0.15, -0.1) is 0 Å². The molecule has 0 saturated carbocycles. The molecule has 1 aromatic carbocycles. The molecule has 2 N–H and O–H groups in total. The van der Waals surface area contributed by atoms with E-state index in [1.165, 1.54) is 0 Å². The van der Waals surface area contributed by atoms with Gasteiger partial charge >= 0.3 is 0 Å². The first-order valence-corrected chi connectivity index (χ1v) is 9.71. The fourth-order valence-electron chi connectivity index (χ4n) is 4.10. The van der Waals surface area contributed by atoms with E-state index in [2.05, 4.69) is 10.3 Å². The predicted octanol–water partition coefficient (Wildman–Crippen LogP) is 3.61. The predicted molar refractivity (Wildman–Crippen MR) is 97.9 cm³/mol. The van der Waals surface area contributed by atoms with Crippen LogP contribution < -0.4 is 5.32 Å². The van der Waals surface area contributed by atoms with Crippen molar-refractivity contribution in [2.24, 2.45) is 0 Å². The molecule has 146 valence electrons. The summed E-state index contributed by atoms with van der Waals surface area (Å²) in [6, 6.07) is 1.80. The Morgan fingerprint density at radius 3 is 2.85 bits per heavy atom. The lowest BCUT2D eigenvalue weighted by Gasteiger charge is -2.13. The Kier molecular flexibility index (Phi) is 5.39. The second-order valence-electron chi connectivity index (χ2n) is 7.21. The van der Waals surface area contributed by atoms with Crippen molar-refractivity contribution in [2.45, 2.75) is 44.2 Å². The van der Waals surface area contributed by atoms with E-state index >= 15 is 0 Å². The maximum absolute atomic E-state index is 14.2. The lowest BCUT2D eigenvalue weighted by atomic mass is 9.95. The molecule has 0 spiro atoms. The quantitative estimate of drug-likeness (QED) is 0.445. The van der Waals surface area contributed by atoms with Crippen LogP contribution >= 0.6 is 12.2 Å². The molecule has 1 aromatic heterocycles. The van der Waals surface area contributed by atoms with Gasteiger partial charge in [0.2, 0.25) is 0 Å². The van der Waals surface area contributed by atoms with Gasteiger partial charge in [-0.05, 0) is 43.6 Å². The van der Waals surface area contributed by atoms with Crippen LogP contribution in [0.1, 0.15) is 35.7 Å². The van der Waals surface area contributed by atoms with E-state index < -0.39 is 23.4 Å². The van der Waals surface area contributed by atoms with Crippen molar-refractivity contribution in [1.29, 1.82) is 0 Å². The summed E-state index contributed by atoms with van der Waals surface area (Å²) in [5.74, 6) is -3.28. The van der Waals surface area contributed by atoms with E-state index in [1.807, 2.05) is 4.57 Å². The Morgan fingerprint density at radius 1 is 1.26 bits per heavy atom. The third-order valence-corrected chi connectivity index (χ3v) is 5.78. The van der Waals surface area contributed by atoms with E-state index in [-0.39, 0.29) is 11.7 Å². The topological polar surface area (TPSA) is 42.0 Å². The Labute approximate surface area is 160 Å². The van der Waals surface area contributed by atoms with Crippen molar-refractivity contribution in [3.8, 4) is 0 Å². The van der Waals surface area contributed by atoms with Gasteiger partial charge in [-0.25, -0.2) is 13.2 Å². The Bertz CT molecular complexity index is 889. The van der Waals surface area contributed by atoms with Crippen molar-refractivity contribution in [3.63, 3.8) is 0 Å². The molecule has 0 amide bonds. The first kappa shape index (κ1) is 18.7. The van der Waals surface area contributed by atoms with Crippen LogP contribution in [0.15, 0.2) is 12.1 Å². The van der Waals surface area contributed by atoms with Crippen LogP contribution in [0.25, 0.3) is 0 Å². The molecule has 0 bridgehead atoms. The summed E-state index contributed by atoms with van der Waals surface area (Å²) < 4.78 is 49.9. The summed E-state index contributed by atoms with van der Waals surface area (Å²) in [5, 5.41) is 3.39. The van der Waals surface area contributed by atoms with Crippen molar-refractivity contribution in [2.75, 3.05) is 19.7 Å². The Hall–Kier alpha value is -1.64. The van der Waals surface area contributed by atoms with Crippen LogP contribution in [0.3, 0.4) is 0 Å². The maximum Gasteiger partial charge on any atom is 0.177 e. The zero-order chi connectivity index (χ0) is 19.0. The smallest absolute Gasteiger partial charge is 0.177 e. The summed E-state index contributed by atoms with van der Waals surface area (Å²) >= 11 is 5.37. The molecule has 1 fully saturated rings. The molecule has 0 radical (unpaired) electrons. The first-order chi connectivity index (χ1) is 13.0. The van der Waals surface area contributed by atoms with Gasteiger partial charge in [-0.1, -0.05) is 0 Å². The first-order valence-electron chi connectivity index (χ1n) is 9.31. The van der Waals surface area contributed by atoms with Crippen LogP contribution in [0.2, 0.25) is 0 Å². The highest BCUT2D eigenvalue weighted by molar-refractivity contribution is 7.71. The number of nitrogens with one attached hydrogen (secondary N) is 2. The van der Waals surface area contributed by atoms with E-state index in [0.29, 0.717) is 17.7 Å². The number of hydrogen-bond acceptors (Lipinski definition) is 3. The van der Waals surface area contributed by atoms with Crippen LogP contribution in [0.5, 0.6) is 0 Å². The Balaban J connectivity index is 1.44. The molecule has 8 heteroatoms. The summed E-state index contributed by atoms with van der Waals surface area (Å²) in [6.07, 6.45) is 3.65. The number of fused-ring (bicyclic) bond motifs is 1. The van der Waals surface area contributed by atoms with Crippen molar-refractivity contribution in [1.82, 2.24) is 14.9 Å². The number of nitrogens with zero attached hydrogens (tertiary/aromatic N) is 1. The third-order valence-electron chi connectivity index (χ3n) is 5.46. The van der Waals surface area contributed by atoms with Crippen molar-refractivity contribution in [3.05, 3.63) is 51.3 Å². The molecule has 2 atom stereocenters. The minimum atomic E-state index is -1.10. The maximum atomic E-state index is 14.2. The molecule has 3 heterocycles. The van der Waals surface area contributed by atoms with Gasteiger partial charge in [0.1, 0.15) is 5.82 Å². The normalized spacial score (nSPS) is 21.7. The van der Waals surface area contributed by atoms with Gasteiger partial charge in [-0.2, -0.15) is 0 Å². The second kappa shape index (κ2) is 7.77. The fourth-order valence-corrected chi connectivity index (χ4v) is 4.41. The van der Waals surface area contributed by atoms with Gasteiger partial charge in [-0.3, -0.25) is 0 Å². The number of rotatable bonds is 6. The second-order valence-corrected chi connectivity index (χ2v) is 7.60. The number of aromatic nitrogens is 2. The summed E-state index contributed by atoms with van der Waals surface area (Å²) in [5.41, 5.74) is 1.74. The van der Waals surface area contributed by atoms with Gasteiger partial charge in [0, 0.05) is 55.5 Å². The van der Waals surface area contributed by atoms with Crippen molar-refractivity contribution < 1.29 is 17.9 Å². The molecule has 4 nitrogen and oxygen atoms in total. The zero-order valence-corrected chi connectivity index (χ0v) is 15.7. The molecular formula is C19H22F3N3OS. The van der Waals surface area contributed by atoms with Gasteiger partial charge in [0.05, 0.1) is 6.10 Å². The van der Waals surface area contributed by atoms with E-state index in [9.17, 15) is 13.2 Å². The highest BCUT2D eigenvalue weighted by Crippen LogP contribution is 2.35. The zero-order valence-electron chi connectivity index (χ0n) is 14.9. The highest BCUT2D eigenvalue weighted by Gasteiger charge is 2.31. The van der Waals surface area contributed by atoms with Crippen LogP contribution in [0, 0.1) is 22.2 Å². The van der Waals surface area contributed by atoms with E-state index in [4.69, 9.17) is 17.0 Å². The minimum absolute atomic E-state index is 0.185. The van der Waals surface area contributed by atoms with Crippen LogP contribution in [-0.4, -0.2) is 35.4 Å². The number of imidazole rings is 1. The minimum Gasteiger partial charge on any atom is -0.377 e. The van der Waals surface area contributed by atoms with Gasteiger partial charge in [0.25, 0.3) is 0 Å². The SMILES string of the molecule is Fc1ccc(F)c(C2Cc3c(CCNCC4CCCO4)[nH]c(=S)n3C2)c1F. The number of ether oxygens (including phenoxy) is 1. The fraction of sp³-hybridized carbons (Fsp3) is 0.526. The number of aromatic amines is 1. The molecular weight excluding hydrogens is 375 g/mol. The highest BCUT2D eigenvalue weighted by atomic mass is 32.1. The molecule has 2 aromatic rings. The Morgan fingerprint density at radius 2 is 2.07 bits per heavy atom. The van der Waals surface area contributed by atoms with Crippen molar-refractivity contribution >= 4 is 12.2 Å². The molecule has 2 aliphatic heterocycles. The molecule has 27 heavy (non-hydrogen) atoms. The molecule has 0 aliphatic carbocycles. The monoisotopic (exact) mass is 397 g/mol. The average molecular weight is 397 g/mol. The standard InChI is InChI=1S/C19H22F3N3OS/c20-13-3-4-14(21)18(22)17(13)11-8-16-15(24-19(27)25(16)10-11)5-6-23-9-12-2-1-7-26-12/h3-4,11-12,23H,1-2,5-10H2,(H,24,27). The number of benzene rings is 1.